The van der Waals surface area contributed by atoms with Crippen LogP contribution in [-0.2, 0) is 0 Å². The molecular weight excluding hydrogens is 212 g/mol. The summed E-state index contributed by atoms with van der Waals surface area (Å²) in [5.74, 6) is 0. The van der Waals surface area contributed by atoms with Crippen molar-refractivity contribution in [3.8, 4) is 5.69 Å². The Morgan fingerprint density at radius 1 is 1.24 bits per heavy atom. The number of anilines is 1. The molecule has 0 spiro atoms. The zero-order valence-corrected chi connectivity index (χ0v) is 10.1. The predicted octanol–water partition coefficient (Wildman–Crippen LogP) is 2.87. The van der Waals surface area contributed by atoms with Crippen molar-refractivity contribution in [2.75, 3.05) is 11.9 Å². The molecule has 2 rings (SSSR count). The van der Waals surface area contributed by atoms with E-state index in [1.54, 1.807) is 17.3 Å². The van der Waals surface area contributed by atoms with E-state index in [1.807, 2.05) is 18.2 Å². The zero-order valence-electron chi connectivity index (χ0n) is 10.1. The fourth-order valence-electron chi connectivity index (χ4n) is 1.75. The maximum atomic E-state index is 4.16. The van der Waals surface area contributed by atoms with Gasteiger partial charge in [0, 0.05) is 6.54 Å². The smallest absolute Gasteiger partial charge is 0.138 e. The molecule has 0 aliphatic carbocycles. The van der Waals surface area contributed by atoms with Crippen molar-refractivity contribution in [3.05, 3.63) is 36.9 Å². The van der Waals surface area contributed by atoms with Gasteiger partial charge in [0.1, 0.15) is 12.7 Å². The predicted molar refractivity (Wildman–Crippen MR) is 69.4 cm³/mol. The summed E-state index contributed by atoms with van der Waals surface area (Å²) in [6, 6.07) is 8.15. The second-order valence-electron chi connectivity index (χ2n) is 3.99. The number of nitrogens with one attached hydrogen (secondary N) is 1. The molecule has 0 atom stereocenters. The summed E-state index contributed by atoms with van der Waals surface area (Å²) in [5, 5.41) is 7.60. The molecule has 4 heteroatoms. The van der Waals surface area contributed by atoms with Crippen LogP contribution in [0.15, 0.2) is 36.9 Å². The van der Waals surface area contributed by atoms with Crippen LogP contribution in [0.25, 0.3) is 5.69 Å². The number of unbranched alkanes of at least 4 members (excludes halogenated alkanes) is 2. The topological polar surface area (TPSA) is 42.7 Å². The minimum Gasteiger partial charge on any atom is -0.383 e. The van der Waals surface area contributed by atoms with Crippen LogP contribution in [0.4, 0.5) is 5.69 Å². The Labute approximate surface area is 102 Å². The minimum absolute atomic E-state index is 1.000. The van der Waals surface area contributed by atoms with Crippen LogP contribution in [-0.4, -0.2) is 21.3 Å². The van der Waals surface area contributed by atoms with Crippen LogP contribution in [0.5, 0.6) is 0 Å². The van der Waals surface area contributed by atoms with Gasteiger partial charge in [-0.25, -0.2) is 9.67 Å². The Morgan fingerprint density at radius 2 is 2.12 bits per heavy atom. The Bertz CT molecular complexity index is 436. The molecule has 0 amide bonds. The van der Waals surface area contributed by atoms with Crippen molar-refractivity contribution in [3.63, 3.8) is 0 Å². The third kappa shape index (κ3) is 3.06. The summed E-state index contributed by atoms with van der Waals surface area (Å²) >= 11 is 0. The Hall–Kier alpha value is -1.84. The lowest BCUT2D eigenvalue weighted by Gasteiger charge is -2.11. The van der Waals surface area contributed by atoms with Gasteiger partial charge in [-0.1, -0.05) is 31.9 Å². The van der Waals surface area contributed by atoms with Crippen molar-refractivity contribution in [2.45, 2.75) is 26.2 Å². The van der Waals surface area contributed by atoms with E-state index in [-0.39, 0.29) is 0 Å². The highest BCUT2D eigenvalue weighted by atomic mass is 15.3. The molecule has 90 valence electrons. The largest absolute Gasteiger partial charge is 0.383 e. The van der Waals surface area contributed by atoms with Gasteiger partial charge in [-0.05, 0) is 18.6 Å². The monoisotopic (exact) mass is 230 g/mol. The van der Waals surface area contributed by atoms with Gasteiger partial charge in [-0.3, -0.25) is 0 Å². The highest BCUT2D eigenvalue weighted by molar-refractivity contribution is 5.60. The Morgan fingerprint density at radius 3 is 2.88 bits per heavy atom. The van der Waals surface area contributed by atoms with Gasteiger partial charge in [-0.15, -0.1) is 0 Å². The molecule has 1 aromatic heterocycles. The van der Waals surface area contributed by atoms with Gasteiger partial charge in [0.05, 0.1) is 11.4 Å². The molecule has 4 nitrogen and oxygen atoms in total. The molecule has 0 aliphatic heterocycles. The highest BCUT2D eigenvalue weighted by Gasteiger charge is 2.03. The average molecular weight is 230 g/mol. The number of rotatable bonds is 6. The summed E-state index contributed by atoms with van der Waals surface area (Å²) in [6.45, 7) is 3.21. The van der Waals surface area contributed by atoms with E-state index in [2.05, 4.69) is 28.4 Å². The standard InChI is InChI=1S/C13H18N4/c1-2-3-6-9-15-12-7-4-5-8-13(12)17-11-14-10-16-17/h4-5,7-8,10-11,15H,2-3,6,9H2,1H3. The number of aromatic nitrogens is 3. The zero-order chi connectivity index (χ0) is 11.9. The third-order valence-corrected chi connectivity index (χ3v) is 2.67. The molecular formula is C13H18N4. The first-order valence-electron chi connectivity index (χ1n) is 6.09. The van der Waals surface area contributed by atoms with E-state index >= 15 is 0 Å². The first-order valence-corrected chi connectivity index (χ1v) is 6.09. The van der Waals surface area contributed by atoms with Crippen molar-refractivity contribution in [1.29, 1.82) is 0 Å². The van der Waals surface area contributed by atoms with E-state index < -0.39 is 0 Å². The quantitative estimate of drug-likeness (QED) is 0.776. The first-order chi connectivity index (χ1) is 8.42. The van der Waals surface area contributed by atoms with Crippen molar-refractivity contribution in [2.24, 2.45) is 0 Å². The van der Waals surface area contributed by atoms with Gasteiger partial charge < -0.3 is 5.32 Å². The molecule has 0 saturated heterocycles. The van der Waals surface area contributed by atoms with Crippen LogP contribution >= 0.6 is 0 Å². The normalized spacial score (nSPS) is 10.4. The SMILES string of the molecule is CCCCCNc1ccccc1-n1cncn1. The fourth-order valence-corrected chi connectivity index (χ4v) is 1.75. The number of hydrogen-bond acceptors (Lipinski definition) is 3. The molecule has 1 aromatic carbocycles. The maximum absolute atomic E-state index is 4.16. The van der Waals surface area contributed by atoms with E-state index in [9.17, 15) is 0 Å². The lowest BCUT2D eigenvalue weighted by molar-refractivity contribution is 0.743. The van der Waals surface area contributed by atoms with Gasteiger partial charge in [0.15, 0.2) is 0 Å². The van der Waals surface area contributed by atoms with Crippen molar-refractivity contribution in [1.82, 2.24) is 14.8 Å². The fraction of sp³-hybridized carbons (Fsp3) is 0.385. The summed E-state index contributed by atoms with van der Waals surface area (Å²) < 4.78 is 1.78. The molecule has 0 unspecified atom stereocenters. The minimum atomic E-state index is 1.000. The Balaban J connectivity index is 2.06. The molecule has 1 heterocycles. The molecule has 2 aromatic rings. The third-order valence-electron chi connectivity index (χ3n) is 2.67. The van der Waals surface area contributed by atoms with Gasteiger partial charge in [0.2, 0.25) is 0 Å². The van der Waals surface area contributed by atoms with Crippen LogP contribution in [0, 0.1) is 0 Å². The summed E-state index contributed by atoms with van der Waals surface area (Å²) in [7, 11) is 0. The highest BCUT2D eigenvalue weighted by Crippen LogP contribution is 2.18. The molecule has 0 saturated carbocycles. The number of hydrogen-bond donors (Lipinski definition) is 1. The summed E-state index contributed by atoms with van der Waals surface area (Å²) in [6.07, 6.45) is 6.97. The Kier molecular flexibility index (Phi) is 4.13. The van der Waals surface area contributed by atoms with E-state index in [0.717, 1.165) is 17.9 Å². The van der Waals surface area contributed by atoms with E-state index in [1.165, 1.54) is 19.3 Å². The van der Waals surface area contributed by atoms with Gasteiger partial charge in [0.25, 0.3) is 0 Å². The summed E-state index contributed by atoms with van der Waals surface area (Å²) in [4.78, 5) is 3.97. The molecule has 0 fully saturated rings. The molecule has 0 radical (unpaired) electrons. The van der Waals surface area contributed by atoms with Crippen LogP contribution in [0.2, 0.25) is 0 Å². The second-order valence-corrected chi connectivity index (χ2v) is 3.99. The number of para-hydroxylation sites is 2. The van der Waals surface area contributed by atoms with Crippen LogP contribution in [0.3, 0.4) is 0 Å². The molecule has 0 bridgehead atoms. The summed E-state index contributed by atoms with van der Waals surface area (Å²) in [5.41, 5.74) is 2.15. The van der Waals surface area contributed by atoms with Gasteiger partial charge >= 0.3 is 0 Å². The number of benzene rings is 1. The van der Waals surface area contributed by atoms with Crippen molar-refractivity contribution >= 4 is 5.69 Å². The lowest BCUT2D eigenvalue weighted by Crippen LogP contribution is -2.06. The first kappa shape index (κ1) is 11.6. The average Bonchev–Trinajstić information content (AvgIpc) is 2.89. The number of nitrogens with zero attached hydrogens (tertiary/aromatic N) is 3. The molecule has 17 heavy (non-hydrogen) atoms. The van der Waals surface area contributed by atoms with E-state index in [4.69, 9.17) is 0 Å². The van der Waals surface area contributed by atoms with E-state index in [0.29, 0.717) is 0 Å². The lowest BCUT2D eigenvalue weighted by atomic mass is 10.2. The molecule has 0 aliphatic rings. The molecule has 1 N–H and O–H groups in total. The van der Waals surface area contributed by atoms with Crippen LogP contribution < -0.4 is 5.32 Å². The second kappa shape index (κ2) is 6.03. The van der Waals surface area contributed by atoms with Crippen LogP contribution in [0.1, 0.15) is 26.2 Å². The maximum Gasteiger partial charge on any atom is 0.138 e. The van der Waals surface area contributed by atoms with Crippen molar-refractivity contribution < 1.29 is 0 Å². The van der Waals surface area contributed by atoms with Gasteiger partial charge in [-0.2, -0.15) is 5.10 Å².